The maximum Gasteiger partial charge on any atom is 0.223 e. The van der Waals surface area contributed by atoms with E-state index in [2.05, 4.69) is 31.2 Å². The van der Waals surface area contributed by atoms with Gasteiger partial charge in [-0.3, -0.25) is 4.79 Å². The molecule has 0 bridgehead atoms. The third kappa shape index (κ3) is 2.56. The first-order chi connectivity index (χ1) is 9.24. The normalized spacial score (nSPS) is 19.1. The summed E-state index contributed by atoms with van der Waals surface area (Å²) in [6, 6.07) is 14.8. The van der Waals surface area contributed by atoms with E-state index in [9.17, 15) is 4.79 Å². The number of rotatable bonds is 3. The molecule has 0 spiro atoms. The van der Waals surface area contributed by atoms with E-state index in [1.54, 1.807) is 0 Å². The lowest BCUT2D eigenvalue weighted by molar-refractivity contribution is -0.129. The highest BCUT2D eigenvalue weighted by Crippen LogP contribution is 2.37. The molecule has 1 amide bonds. The van der Waals surface area contributed by atoms with Gasteiger partial charge in [0.1, 0.15) is 0 Å². The quantitative estimate of drug-likeness (QED) is 0.828. The number of amides is 1. The molecule has 1 unspecified atom stereocenters. The van der Waals surface area contributed by atoms with Gasteiger partial charge in [-0.05, 0) is 31.0 Å². The molecule has 0 aliphatic carbocycles. The van der Waals surface area contributed by atoms with E-state index in [0.29, 0.717) is 6.42 Å². The Morgan fingerprint density at radius 3 is 2.68 bits per heavy atom. The summed E-state index contributed by atoms with van der Waals surface area (Å²) in [5, 5.41) is 0. The number of thiophene rings is 1. The van der Waals surface area contributed by atoms with Crippen molar-refractivity contribution in [3.8, 4) is 0 Å². The molecule has 98 valence electrons. The zero-order chi connectivity index (χ0) is 13.2. The molecule has 1 aromatic carbocycles. The molecule has 1 aliphatic heterocycles. The van der Waals surface area contributed by atoms with Crippen molar-refractivity contribution in [2.24, 2.45) is 0 Å². The van der Waals surface area contributed by atoms with Crippen molar-refractivity contribution in [3.63, 3.8) is 0 Å². The Morgan fingerprint density at radius 1 is 1.21 bits per heavy atom. The summed E-state index contributed by atoms with van der Waals surface area (Å²) in [5.74, 6) is 0.278. The first kappa shape index (κ1) is 12.4. The average molecular weight is 271 g/mol. The molecule has 2 nitrogen and oxygen atoms in total. The molecular formula is C16H17NOS. The monoisotopic (exact) mass is 271 g/mol. The molecule has 1 atom stereocenters. The van der Waals surface area contributed by atoms with E-state index in [0.717, 1.165) is 13.0 Å². The first-order valence-electron chi connectivity index (χ1n) is 6.64. The van der Waals surface area contributed by atoms with Crippen LogP contribution in [0.5, 0.6) is 0 Å². The Morgan fingerprint density at radius 2 is 2.00 bits per heavy atom. The number of aryl methyl sites for hydroxylation is 1. The molecule has 3 heteroatoms. The second-order valence-electron chi connectivity index (χ2n) is 5.01. The number of hydrogen-bond donors (Lipinski definition) is 0. The number of likely N-dealkylation sites (tertiary alicyclic amines) is 1. The summed E-state index contributed by atoms with van der Waals surface area (Å²) in [6.07, 6.45) is 1.63. The van der Waals surface area contributed by atoms with Crippen LogP contribution in [0.25, 0.3) is 0 Å². The molecule has 0 N–H and O–H groups in total. The van der Waals surface area contributed by atoms with Gasteiger partial charge in [0.25, 0.3) is 0 Å². The largest absolute Gasteiger partial charge is 0.331 e. The van der Waals surface area contributed by atoms with Crippen molar-refractivity contribution in [3.05, 3.63) is 57.8 Å². The molecule has 1 aliphatic rings. The Hall–Kier alpha value is -1.61. The van der Waals surface area contributed by atoms with Gasteiger partial charge in [-0.15, -0.1) is 11.3 Å². The van der Waals surface area contributed by atoms with Crippen molar-refractivity contribution in [1.82, 2.24) is 4.90 Å². The topological polar surface area (TPSA) is 20.3 Å². The van der Waals surface area contributed by atoms with E-state index >= 15 is 0 Å². The molecule has 1 saturated heterocycles. The molecule has 19 heavy (non-hydrogen) atoms. The number of benzene rings is 1. The molecule has 1 aromatic heterocycles. The van der Waals surface area contributed by atoms with Crippen LogP contribution in [0, 0.1) is 6.92 Å². The highest BCUT2D eigenvalue weighted by Gasteiger charge is 2.32. The highest BCUT2D eigenvalue weighted by molar-refractivity contribution is 7.12. The lowest BCUT2D eigenvalue weighted by Crippen LogP contribution is -2.26. The van der Waals surface area contributed by atoms with E-state index in [1.165, 1.54) is 15.3 Å². The third-order valence-corrected chi connectivity index (χ3v) is 4.72. The maximum absolute atomic E-state index is 12.1. The van der Waals surface area contributed by atoms with E-state index in [4.69, 9.17) is 0 Å². The minimum Gasteiger partial charge on any atom is -0.331 e. The van der Waals surface area contributed by atoms with Gasteiger partial charge in [0.05, 0.1) is 6.04 Å². The molecule has 0 radical (unpaired) electrons. The number of hydrogen-bond acceptors (Lipinski definition) is 2. The maximum atomic E-state index is 12.1. The van der Waals surface area contributed by atoms with Gasteiger partial charge in [-0.25, -0.2) is 0 Å². The van der Waals surface area contributed by atoms with Gasteiger partial charge in [0, 0.05) is 22.7 Å². The third-order valence-electron chi connectivity index (χ3n) is 3.61. The Kier molecular flexibility index (Phi) is 3.38. The van der Waals surface area contributed by atoms with Crippen molar-refractivity contribution in [2.75, 3.05) is 0 Å². The Labute approximate surface area is 117 Å². The fraction of sp³-hybridized carbons (Fsp3) is 0.312. The van der Waals surface area contributed by atoms with Crippen LogP contribution in [0.15, 0.2) is 42.5 Å². The highest BCUT2D eigenvalue weighted by atomic mass is 32.1. The zero-order valence-electron chi connectivity index (χ0n) is 11.0. The summed E-state index contributed by atoms with van der Waals surface area (Å²) in [7, 11) is 0. The van der Waals surface area contributed by atoms with Gasteiger partial charge in [-0.2, -0.15) is 0 Å². The number of carbonyl (C=O) groups is 1. The minimum atomic E-state index is 0.270. The van der Waals surface area contributed by atoms with Crippen LogP contribution in [-0.4, -0.2) is 10.8 Å². The van der Waals surface area contributed by atoms with Crippen LogP contribution in [-0.2, 0) is 11.3 Å². The van der Waals surface area contributed by atoms with Crippen LogP contribution in [0.2, 0.25) is 0 Å². The van der Waals surface area contributed by atoms with E-state index in [1.807, 2.05) is 34.4 Å². The Bertz CT molecular complexity index is 575. The Balaban J connectivity index is 1.83. The summed E-state index contributed by atoms with van der Waals surface area (Å²) < 4.78 is 0. The van der Waals surface area contributed by atoms with Gasteiger partial charge < -0.3 is 4.90 Å². The van der Waals surface area contributed by atoms with Crippen LogP contribution >= 0.6 is 11.3 Å². The van der Waals surface area contributed by atoms with Crippen molar-refractivity contribution >= 4 is 17.2 Å². The predicted octanol–water partition coefficient (Wildman–Crippen LogP) is 3.92. The SMILES string of the molecule is Cc1ccc(C2CCC(=O)N2Cc2ccccc2)s1. The average Bonchev–Trinajstić information content (AvgIpc) is 2.99. The van der Waals surface area contributed by atoms with Crippen LogP contribution < -0.4 is 0 Å². The molecule has 0 saturated carbocycles. The fourth-order valence-corrected chi connectivity index (χ4v) is 3.67. The first-order valence-corrected chi connectivity index (χ1v) is 7.45. The van der Waals surface area contributed by atoms with Crippen molar-refractivity contribution < 1.29 is 4.79 Å². The van der Waals surface area contributed by atoms with Crippen LogP contribution in [0.3, 0.4) is 0 Å². The van der Waals surface area contributed by atoms with E-state index in [-0.39, 0.29) is 11.9 Å². The van der Waals surface area contributed by atoms with Gasteiger partial charge in [0.15, 0.2) is 0 Å². The molecule has 2 heterocycles. The second-order valence-corrected chi connectivity index (χ2v) is 6.33. The molecule has 3 rings (SSSR count). The number of nitrogens with zero attached hydrogens (tertiary/aromatic N) is 1. The number of carbonyl (C=O) groups excluding carboxylic acids is 1. The molecule has 2 aromatic rings. The zero-order valence-corrected chi connectivity index (χ0v) is 11.8. The summed E-state index contributed by atoms with van der Waals surface area (Å²) in [4.78, 5) is 16.8. The summed E-state index contributed by atoms with van der Waals surface area (Å²) in [5.41, 5.74) is 1.20. The smallest absolute Gasteiger partial charge is 0.223 e. The lowest BCUT2D eigenvalue weighted by atomic mass is 10.1. The lowest BCUT2D eigenvalue weighted by Gasteiger charge is -2.24. The van der Waals surface area contributed by atoms with E-state index < -0.39 is 0 Å². The molecule has 1 fully saturated rings. The second kappa shape index (κ2) is 5.17. The predicted molar refractivity (Wildman–Crippen MR) is 78.0 cm³/mol. The summed E-state index contributed by atoms with van der Waals surface area (Å²) in [6.45, 7) is 2.84. The fourth-order valence-electron chi connectivity index (χ4n) is 2.64. The minimum absolute atomic E-state index is 0.270. The van der Waals surface area contributed by atoms with Crippen molar-refractivity contribution in [1.29, 1.82) is 0 Å². The van der Waals surface area contributed by atoms with Crippen molar-refractivity contribution in [2.45, 2.75) is 32.4 Å². The standard InChI is InChI=1S/C16H17NOS/c1-12-7-9-15(19-12)14-8-10-16(18)17(14)11-13-5-3-2-4-6-13/h2-7,9,14H,8,10-11H2,1H3. The van der Waals surface area contributed by atoms with Gasteiger partial charge in [-0.1, -0.05) is 30.3 Å². The summed E-state index contributed by atoms with van der Waals surface area (Å²) >= 11 is 1.81. The van der Waals surface area contributed by atoms with Gasteiger partial charge in [0.2, 0.25) is 5.91 Å². The van der Waals surface area contributed by atoms with Gasteiger partial charge >= 0.3 is 0 Å². The van der Waals surface area contributed by atoms with Crippen LogP contribution in [0.4, 0.5) is 0 Å². The molecular weight excluding hydrogens is 254 g/mol. The van der Waals surface area contributed by atoms with Crippen LogP contribution in [0.1, 0.15) is 34.2 Å².